The zero-order chi connectivity index (χ0) is 12.1. The second-order valence-corrected chi connectivity index (χ2v) is 3.62. The second-order valence-electron chi connectivity index (χ2n) is 3.18. The molecule has 0 fully saturated rings. The highest BCUT2D eigenvalue weighted by atomic mass is 35.5. The van der Waals surface area contributed by atoms with Gasteiger partial charge in [0, 0.05) is 11.6 Å². The minimum atomic E-state index is -0.930. The minimum absolute atomic E-state index is 0.132. The number of aliphatic carboxylic acids is 1. The van der Waals surface area contributed by atoms with E-state index in [1.807, 2.05) is 13.0 Å². The Morgan fingerprint density at radius 3 is 2.81 bits per heavy atom. The quantitative estimate of drug-likeness (QED) is 0.873. The smallest absolute Gasteiger partial charge is 0.323 e. The van der Waals surface area contributed by atoms with E-state index in [1.165, 1.54) is 6.07 Å². The first-order chi connectivity index (χ1) is 7.58. The molecule has 0 aliphatic heterocycles. The average Bonchev–Trinajstić information content (AvgIpc) is 2.25. The molecule has 0 spiro atoms. The highest BCUT2D eigenvalue weighted by molar-refractivity contribution is 6.30. The number of benzene rings is 1. The summed E-state index contributed by atoms with van der Waals surface area (Å²) in [7, 11) is 0. The van der Waals surface area contributed by atoms with Crippen LogP contribution < -0.4 is 4.90 Å². The molecule has 1 aromatic rings. The van der Waals surface area contributed by atoms with Crippen LogP contribution in [0.5, 0.6) is 0 Å². The summed E-state index contributed by atoms with van der Waals surface area (Å²) in [6, 6.07) is 6.84. The van der Waals surface area contributed by atoms with Gasteiger partial charge in [-0.05, 0) is 25.1 Å². The van der Waals surface area contributed by atoms with Crippen LogP contribution in [0.15, 0.2) is 18.2 Å². The molecule has 16 heavy (non-hydrogen) atoms. The van der Waals surface area contributed by atoms with Crippen molar-refractivity contribution in [1.82, 2.24) is 0 Å². The molecule has 0 heterocycles. The first kappa shape index (κ1) is 12.3. The van der Waals surface area contributed by atoms with Crippen molar-refractivity contribution in [3.63, 3.8) is 0 Å². The van der Waals surface area contributed by atoms with Crippen LogP contribution in [0.2, 0.25) is 5.02 Å². The van der Waals surface area contributed by atoms with E-state index >= 15 is 0 Å². The van der Waals surface area contributed by atoms with Crippen LogP contribution in [0.3, 0.4) is 0 Å². The van der Waals surface area contributed by atoms with Crippen LogP contribution in [0, 0.1) is 11.3 Å². The molecule has 0 saturated heterocycles. The number of likely N-dealkylation sites (N-methyl/N-ethyl adjacent to an activating group) is 1. The molecular weight excluding hydrogens is 228 g/mol. The van der Waals surface area contributed by atoms with Crippen molar-refractivity contribution >= 4 is 23.3 Å². The molecule has 0 bridgehead atoms. The van der Waals surface area contributed by atoms with Gasteiger partial charge in [-0.15, -0.1) is 0 Å². The molecule has 0 aromatic heterocycles. The number of hydrogen-bond donors (Lipinski definition) is 1. The second kappa shape index (κ2) is 5.38. The highest BCUT2D eigenvalue weighted by Gasteiger charge is 2.12. The van der Waals surface area contributed by atoms with Crippen LogP contribution in [0.1, 0.15) is 12.5 Å². The monoisotopic (exact) mass is 238 g/mol. The van der Waals surface area contributed by atoms with E-state index in [2.05, 4.69) is 0 Å². The van der Waals surface area contributed by atoms with Gasteiger partial charge in [-0.25, -0.2) is 0 Å². The van der Waals surface area contributed by atoms with Gasteiger partial charge in [0.25, 0.3) is 0 Å². The first-order valence-electron chi connectivity index (χ1n) is 4.75. The highest BCUT2D eigenvalue weighted by Crippen LogP contribution is 2.23. The summed E-state index contributed by atoms with van der Waals surface area (Å²) >= 11 is 5.76. The Kier molecular flexibility index (Phi) is 4.15. The van der Waals surface area contributed by atoms with Gasteiger partial charge in [0.1, 0.15) is 12.6 Å². The molecule has 0 radical (unpaired) electrons. The number of carboxylic acid groups (broad SMARTS) is 1. The van der Waals surface area contributed by atoms with Gasteiger partial charge in [0.05, 0.1) is 11.3 Å². The van der Waals surface area contributed by atoms with E-state index < -0.39 is 5.97 Å². The van der Waals surface area contributed by atoms with E-state index in [4.69, 9.17) is 22.0 Å². The maximum absolute atomic E-state index is 10.7. The molecule has 1 aromatic carbocycles. The molecule has 0 saturated carbocycles. The molecular formula is C11H11ClN2O2. The normalized spacial score (nSPS) is 9.56. The van der Waals surface area contributed by atoms with Gasteiger partial charge in [-0.1, -0.05) is 11.6 Å². The SMILES string of the molecule is CCN(CC(=O)O)c1ccc(Cl)cc1C#N. The van der Waals surface area contributed by atoms with Gasteiger partial charge >= 0.3 is 5.97 Å². The summed E-state index contributed by atoms with van der Waals surface area (Å²) in [4.78, 5) is 12.3. The zero-order valence-electron chi connectivity index (χ0n) is 8.77. The van der Waals surface area contributed by atoms with Gasteiger partial charge in [-0.2, -0.15) is 5.26 Å². The van der Waals surface area contributed by atoms with Crippen LogP contribution in [0.25, 0.3) is 0 Å². The molecule has 0 unspecified atom stereocenters. The van der Waals surface area contributed by atoms with Crippen molar-refractivity contribution in [3.05, 3.63) is 28.8 Å². The summed E-state index contributed by atoms with van der Waals surface area (Å²) in [5.74, 6) is -0.930. The lowest BCUT2D eigenvalue weighted by molar-refractivity contribution is -0.135. The number of carbonyl (C=O) groups is 1. The number of nitriles is 1. The van der Waals surface area contributed by atoms with Crippen molar-refractivity contribution < 1.29 is 9.90 Å². The molecule has 0 amide bonds. The van der Waals surface area contributed by atoms with E-state index in [0.29, 0.717) is 22.8 Å². The Labute approximate surface area is 98.7 Å². The predicted molar refractivity (Wildman–Crippen MR) is 61.7 cm³/mol. The lowest BCUT2D eigenvalue weighted by Gasteiger charge is -2.21. The van der Waals surface area contributed by atoms with Crippen LogP contribution in [0.4, 0.5) is 5.69 Å². The van der Waals surface area contributed by atoms with Gasteiger partial charge in [0.2, 0.25) is 0 Å². The molecule has 0 atom stereocenters. The number of halogens is 1. The third-order valence-electron chi connectivity index (χ3n) is 2.13. The van der Waals surface area contributed by atoms with E-state index in [-0.39, 0.29) is 6.54 Å². The number of anilines is 1. The maximum Gasteiger partial charge on any atom is 0.323 e. The Morgan fingerprint density at radius 2 is 2.31 bits per heavy atom. The van der Waals surface area contributed by atoms with Crippen molar-refractivity contribution in [2.75, 3.05) is 18.0 Å². The van der Waals surface area contributed by atoms with Gasteiger partial charge < -0.3 is 10.0 Å². The molecule has 5 heteroatoms. The molecule has 84 valence electrons. The maximum atomic E-state index is 10.7. The van der Waals surface area contributed by atoms with E-state index in [1.54, 1.807) is 17.0 Å². The summed E-state index contributed by atoms with van der Waals surface area (Å²) in [6.07, 6.45) is 0. The molecule has 1 N–H and O–H groups in total. The molecule has 1 rings (SSSR count). The fourth-order valence-corrected chi connectivity index (χ4v) is 1.58. The van der Waals surface area contributed by atoms with Crippen LogP contribution in [-0.2, 0) is 4.79 Å². The van der Waals surface area contributed by atoms with E-state index in [0.717, 1.165) is 0 Å². The lowest BCUT2D eigenvalue weighted by Crippen LogP contribution is -2.29. The number of hydrogen-bond acceptors (Lipinski definition) is 3. The van der Waals surface area contributed by atoms with Gasteiger partial charge in [0.15, 0.2) is 0 Å². The first-order valence-corrected chi connectivity index (χ1v) is 5.12. The Balaban J connectivity index is 3.10. The standard InChI is InChI=1S/C11H11ClN2O2/c1-2-14(7-11(15)16)10-4-3-9(12)5-8(10)6-13/h3-5H,2,7H2,1H3,(H,15,16). The average molecular weight is 239 g/mol. The van der Waals surface area contributed by atoms with Gasteiger partial charge in [-0.3, -0.25) is 4.79 Å². The lowest BCUT2D eigenvalue weighted by atomic mass is 10.1. The van der Waals surface area contributed by atoms with E-state index in [9.17, 15) is 4.79 Å². The zero-order valence-corrected chi connectivity index (χ0v) is 9.53. The summed E-state index contributed by atoms with van der Waals surface area (Å²) in [6.45, 7) is 2.22. The number of nitrogens with zero attached hydrogens (tertiary/aromatic N) is 2. The van der Waals surface area contributed by atoms with Crippen molar-refractivity contribution in [1.29, 1.82) is 5.26 Å². The molecule has 0 aliphatic carbocycles. The van der Waals surface area contributed by atoms with Crippen molar-refractivity contribution in [2.45, 2.75) is 6.92 Å². The summed E-state index contributed by atoms with van der Waals surface area (Å²) in [5, 5.41) is 18.1. The number of rotatable bonds is 4. The largest absolute Gasteiger partial charge is 0.480 e. The third-order valence-corrected chi connectivity index (χ3v) is 2.36. The fourth-order valence-electron chi connectivity index (χ4n) is 1.40. The van der Waals surface area contributed by atoms with Crippen molar-refractivity contribution in [3.8, 4) is 6.07 Å². The Hall–Kier alpha value is -1.73. The van der Waals surface area contributed by atoms with Crippen LogP contribution >= 0.6 is 11.6 Å². The summed E-state index contributed by atoms with van der Waals surface area (Å²) in [5.41, 5.74) is 0.979. The Morgan fingerprint density at radius 1 is 1.62 bits per heavy atom. The van der Waals surface area contributed by atoms with Crippen LogP contribution in [-0.4, -0.2) is 24.2 Å². The summed E-state index contributed by atoms with van der Waals surface area (Å²) < 4.78 is 0. The topological polar surface area (TPSA) is 64.3 Å². The minimum Gasteiger partial charge on any atom is -0.480 e. The number of carboxylic acids is 1. The van der Waals surface area contributed by atoms with Crippen molar-refractivity contribution in [2.24, 2.45) is 0 Å². The molecule has 0 aliphatic rings. The predicted octanol–water partition coefficient (Wildman–Crippen LogP) is 2.12. The fraction of sp³-hybridized carbons (Fsp3) is 0.273. The Bertz CT molecular complexity index is 440. The molecule has 4 nitrogen and oxygen atoms in total. The third kappa shape index (κ3) is 2.88.